The van der Waals surface area contributed by atoms with Crippen LogP contribution in [-0.2, 0) is 37.0 Å². The van der Waals surface area contributed by atoms with Gasteiger partial charge in [0, 0.05) is 11.1 Å². The molecule has 39 heavy (non-hydrogen) atoms. The third-order valence-corrected chi connectivity index (χ3v) is 9.71. The second kappa shape index (κ2) is 8.14. The Morgan fingerprint density at radius 2 is 0.641 bits per heavy atom. The van der Waals surface area contributed by atoms with E-state index in [-0.39, 0.29) is 11.8 Å². The summed E-state index contributed by atoms with van der Waals surface area (Å²) in [5, 5.41) is 0. The van der Waals surface area contributed by atoms with Crippen LogP contribution in [0.2, 0.25) is 0 Å². The lowest BCUT2D eigenvalue weighted by molar-refractivity contribution is -0.449. The Labute approximate surface area is 231 Å². The molecule has 198 valence electrons. The Bertz CT molecular complexity index is 1420. The summed E-state index contributed by atoms with van der Waals surface area (Å²) in [6.07, 6.45) is 0. The summed E-state index contributed by atoms with van der Waals surface area (Å²) in [5.41, 5.74) is 7.57. The SMILES string of the molecule is Cc1ccc([C@@]23O[C@@]4(c5ccc(C)cc5)O[C@@](c5ccc(C)cc5)([C@@H]2C)[C@@](c2ccc(C)cc2)(O3)[C@H]4C)cc1. The first kappa shape index (κ1) is 24.8. The minimum atomic E-state index is -1.00. The summed E-state index contributed by atoms with van der Waals surface area (Å²) >= 11 is 0. The van der Waals surface area contributed by atoms with Crippen molar-refractivity contribution >= 4 is 0 Å². The first-order chi connectivity index (χ1) is 18.7. The van der Waals surface area contributed by atoms with Gasteiger partial charge in [-0.2, -0.15) is 0 Å². The van der Waals surface area contributed by atoms with Crippen molar-refractivity contribution in [3.05, 3.63) is 142 Å². The molecule has 4 aliphatic heterocycles. The Morgan fingerprint density at radius 1 is 0.385 bits per heavy atom. The molecule has 4 fully saturated rings. The summed E-state index contributed by atoms with van der Waals surface area (Å²) in [6.45, 7) is 13.0. The average molecular weight is 517 g/mol. The van der Waals surface area contributed by atoms with Crippen molar-refractivity contribution in [2.75, 3.05) is 0 Å². The monoisotopic (exact) mass is 516 g/mol. The van der Waals surface area contributed by atoms with E-state index < -0.39 is 22.8 Å². The number of rotatable bonds is 4. The highest BCUT2D eigenvalue weighted by Crippen LogP contribution is 2.80. The van der Waals surface area contributed by atoms with Crippen molar-refractivity contribution in [2.24, 2.45) is 11.8 Å². The molecule has 4 aliphatic rings. The third kappa shape index (κ3) is 2.99. The molecule has 0 saturated carbocycles. The zero-order valence-corrected chi connectivity index (χ0v) is 23.6. The normalized spacial score (nSPS) is 34.5. The van der Waals surface area contributed by atoms with Crippen molar-refractivity contribution < 1.29 is 14.2 Å². The fourth-order valence-electron chi connectivity index (χ4n) is 7.56. The number of hydrogen-bond donors (Lipinski definition) is 0. The van der Waals surface area contributed by atoms with Gasteiger partial charge in [-0.05, 0) is 38.8 Å². The molecule has 0 unspecified atom stereocenters. The average Bonchev–Trinajstić information content (AvgIpc) is 3.19. The third-order valence-electron chi connectivity index (χ3n) is 9.71. The zero-order valence-electron chi connectivity index (χ0n) is 23.6. The fourth-order valence-corrected chi connectivity index (χ4v) is 7.56. The van der Waals surface area contributed by atoms with Gasteiger partial charge in [0.05, 0.1) is 11.8 Å². The minimum absolute atomic E-state index is 0.139. The highest BCUT2D eigenvalue weighted by atomic mass is 16.9. The van der Waals surface area contributed by atoms with Crippen LogP contribution < -0.4 is 0 Å². The summed E-state index contributed by atoms with van der Waals surface area (Å²) in [4.78, 5) is 0. The molecular formula is C36H36O3. The van der Waals surface area contributed by atoms with E-state index in [0.29, 0.717) is 0 Å². The summed E-state index contributed by atoms with van der Waals surface area (Å²) in [6, 6.07) is 34.9. The van der Waals surface area contributed by atoms with Crippen molar-refractivity contribution in [1.29, 1.82) is 0 Å². The first-order valence-electron chi connectivity index (χ1n) is 14.1. The molecule has 0 N–H and O–H groups in total. The molecule has 0 aromatic heterocycles. The molecule has 3 nitrogen and oxygen atoms in total. The van der Waals surface area contributed by atoms with Crippen LogP contribution in [0.5, 0.6) is 0 Å². The van der Waals surface area contributed by atoms with Gasteiger partial charge in [0.15, 0.2) is 0 Å². The number of hydrogen-bond acceptors (Lipinski definition) is 3. The van der Waals surface area contributed by atoms with Crippen LogP contribution in [0.25, 0.3) is 0 Å². The quantitative estimate of drug-likeness (QED) is 0.274. The molecule has 4 aromatic rings. The van der Waals surface area contributed by atoms with E-state index in [1.807, 2.05) is 0 Å². The largest absolute Gasteiger partial charge is 0.330 e. The van der Waals surface area contributed by atoms with E-state index in [0.717, 1.165) is 22.3 Å². The van der Waals surface area contributed by atoms with E-state index in [9.17, 15) is 0 Å². The molecule has 0 aliphatic carbocycles. The molecule has 4 bridgehead atoms. The van der Waals surface area contributed by atoms with Gasteiger partial charge in [-0.3, -0.25) is 0 Å². The summed E-state index contributed by atoms with van der Waals surface area (Å²) in [7, 11) is 0. The second-order valence-electron chi connectivity index (χ2n) is 12.0. The molecule has 4 aromatic carbocycles. The van der Waals surface area contributed by atoms with Crippen molar-refractivity contribution in [3.63, 3.8) is 0 Å². The molecule has 3 heteroatoms. The Balaban J connectivity index is 1.59. The molecule has 4 heterocycles. The van der Waals surface area contributed by atoms with Gasteiger partial charge in [0.1, 0.15) is 11.2 Å². The lowest BCUT2D eigenvalue weighted by Gasteiger charge is -2.52. The van der Waals surface area contributed by atoms with E-state index in [1.165, 1.54) is 22.3 Å². The molecule has 0 radical (unpaired) electrons. The number of aryl methyl sites for hydroxylation is 4. The lowest BCUT2D eigenvalue weighted by Crippen LogP contribution is -2.56. The highest BCUT2D eigenvalue weighted by Gasteiger charge is 2.88. The molecule has 8 rings (SSSR count). The van der Waals surface area contributed by atoms with E-state index >= 15 is 0 Å². The fraction of sp³-hybridized carbons (Fsp3) is 0.333. The molecule has 6 atom stereocenters. The Kier molecular flexibility index (Phi) is 5.17. The van der Waals surface area contributed by atoms with E-state index in [2.05, 4.69) is 139 Å². The Hall–Kier alpha value is -3.24. The van der Waals surface area contributed by atoms with E-state index in [1.54, 1.807) is 0 Å². The van der Waals surface area contributed by atoms with E-state index in [4.69, 9.17) is 14.2 Å². The molecule has 0 amide bonds. The maximum Gasteiger partial charge on any atom is 0.205 e. The van der Waals surface area contributed by atoms with Crippen LogP contribution in [0.3, 0.4) is 0 Å². The van der Waals surface area contributed by atoms with Crippen molar-refractivity contribution in [2.45, 2.75) is 64.3 Å². The standard InChI is InChI=1S/C36H36O3/c1-23-7-15-29(16-8-23)33-27(5)35(31-19-11-25(3)12-20-31)38-34(33,30-17-9-24(2)10-18-30)28(6)36(37-33,39-35)32-21-13-26(4)14-22-32/h7-22,27-28H,1-6H3/t27-,28+,33-,34-,35+,36+/m1/s1. The number of benzene rings is 4. The van der Waals surface area contributed by atoms with Gasteiger partial charge in [-0.1, -0.05) is 133 Å². The molecule has 4 saturated heterocycles. The van der Waals surface area contributed by atoms with Gasteiger partial charge in [-0.25, -0.2) is 0 Å². The molecule has 0 spiro atoms. The maximum absolute atomic E-state index is 7.51. The minimum Gasteiger partial charge on any atom is -0.330 e. The summed E-state index contributed by atoms with van der Waals surface area (Å²) < 4.78 is 22.3. The summed E-state index contributed by atoms with van der Waals surface area (Å²) in [5.74, 6) is -2.28. The smallest absolute Gasteiger partial charge is 0.205 e. The van der Waals surface area contributed by atoms with Crippen LogP contribution >= 0.6 is 0 Å². The highest BCUT2D eigenvalue weighted by molar-refractivity contribution is 5.49. The van der Waals surface area contributed by atoms with Crippen LogP contribution in [0, 0.1) is 39.5 Å². The predicted molar refractivity (Wildman–Crippen MR) is 153 cm³/mol. The first-order valence-corrected chi connectivity index (χ1v) is 14.1. The number of ether oxygens (including phenoxy) is 3. The Morgan fingerprint density at radius 3 is 0.923 bits per heavy atom. The van der Waals surface area contributed by atoms with Crippen LogP contribution in [0.1, 0.15) is 58.4 Å². The van der Waals surface area contributed by atoms with Crippen LogP contribution in [-0.4, -0.2) is 0 Å². The van der Waals surface area contributed by atoms with Crippen molar-refractivity contribution in [1.82, 2.24) is 0 Å². The van der Waals surface area contributed by atoms with Gasteiger partial charge >= 0.3 is 0 Å². The maximum atomic E-state index is 7.51. The lowest BCUT2D eigenvalue weighted by atomic mass is 9.64. The molecular weight excluding hydrogens is 480 g/mol. The van der Waals surface area contributed by atoms with Crippen LogP contribution in [0.15, 0.2) is 97.1 Å². The zero-order chi connectivity index (χ0) is 27.2. The second-order valence-corrected chi connectivity index (χ2v) is 12.0. The van der Waals surface area contributed by atoms with Crippen molar-refractivity contribution in [3.8, 4) is 0 Å². The van der Waals surface area contributed by atoms with Gasteiger partial charge in [0.25, 0.3) is 0 Å². The van der Waals surface area contributed by atoms with Gasteiger partial charge in [-0.15, -0.1) is 0 Å². The van der Waals surface area contributed by atoms with Gasteiger partial charge < -0.3 is 14.2 Å². The predicted octanol–water partition coefficient (Wildman–Crippen LogP) is 8.08. The van der Waals surface area contributed by atoms with Gasteiger partial charge in [0.2, 0.25) is 11.6 Å². The van der Waals surface area contributed by atoms with Crippen LogP contribution in [0.4, 0.5) is 0 Å². The topological polar surface area (TPSA) is 27.7 Å².